The minimum Gasteiger partial charge on any atom is -0.378 e. The lowest BCUT2D eigenvalue weighted by atomic mass is 10.2. The zero-order valence-corrected chi connectivity index (χ0v) is 20.6. The van der Waals surface area contributed by atoms with E-state index in [1.165, 1.54) is 0 Å². The number of hydrogen-bond donors (Lipinski definition) is 2. The number of nitrogens with zero attached hydrogens (tertiary/aromatic N) is 5. The zero-order chi connectivity index (χ0) is 21.6. The Morgan fingerprint density at radius 2 is 1.90 bits per heavy atom. The lowest BCUT2D eigenvalue weighted by Crippen LogP contribution is -2.37. The van der Waals surface area contributed by atoms with Crippen LogP contribution in [0.3, 0.4) is 0 Å². The molecule has 1 aliphatic heterocycles. The summed E-state index contributed by atoms with van der Waals surface area (Å²) >= 11 is 5.87. The molecule has 2 N–H and O–H groups in total. The first-order chi connectivity index (χ1) is 15.1. The number of benzene rings is 2. The molecule has 0 atom stereocenters. The molecule has 31 heavy (non-hydrogen) atoms. The Morgan fingerprint density at radius 3 is 2.68 bits per heavy atom. The quantitative estimate of drug-likeness (QED) is 0.246. The first kappa shape index (κ1) is 21.9. The maximum atomic E-state index is 5.45. The van der Waals surface area contributed by atoms with Crippen molar-refractivity contribution in [2.24, 2.45) is 5.10 Å². The van der Waals surface area contributed by atoms with Crippen LogP contribution in [0.5, 0.6) is 0 Å². The maximum Gasteiger partial charge on any atom is 0.250 e. The molecule has 8 nitrogen and oxygen atoms in total. The number of aryl methyl sites for hydroxylation is 1. The van der Waals surface area contributed by atoms with Crippen molar-refractivity contribution in [1.29, 1.82) is 0 Å². The lowest BCUT2D eigenvalue weighted by Gasteiger charge is -2.27. The molecule has 0 unspecified atom stereocenters. The summed E-state index contributed by atoms with van der Waals surface area (Å²) in [5.41, 5.74) is 5.96. The Kier molecular flexibility index (Phi) is 7.30. The smallest absolute Gasteiger partial charge is 0.250 e. The predicted octanol–water partition coefficient (Wildman–Crippen LogP) is 4.57. The molecule has 1 aromatic heterocycles. The number of morpholine rings is 1. The highest BCUT2D eigenvalue weighted by Gasteiger charge is 2.17. The van der Waals surface area contributed by atoms with Gasteiger partial charge < -0.3 is 15.0 Å². The highest BCUT2D eigenvalue weighted by atomic mass is 127. The van der Waals surface area contributed by atoms with Gasteiger partial charge in [-0.05, 0) is 80.8 Å². The molecular formula is C21H21BrIN7O. The van der Waals surface area contributed by atoms with E-state index in [-0.39, 0.29) is 0 Å². The number of halogens is 2. The molecule has 1 saturated heterocycles. The summed E-state index contributed by atoms with van der Waals surface area (Å²) in [6.45, 7) is 4.78. The van der Waals surface area contributed by atoms with Gasteiger partial charge in [0.25, 0.3) is 0 Å². The molecule has 0 saturated carbocycles. The molecule has 1 aliphatic rings. The van der Waals surface area contributed by atoms with Crippen LogP contribution in [0, 0.1) is 10.5 Å². The van der Waals surface area contributed by atoms with Crippen LogP contribution in [0.25, 0.3) is 0 Å². The Hall–Kier alpha value is -2.31. The number of hydrazone groups is 1. The Bertz CT molecular complexity index is 1090. The molecule has 10 heteroatoms. The van der Waals surface area contributed by atoms with Crippen LogP contribution in [0.1, 0.15) is 11.1 Å². The van der Waals surface area contributed by atoms with E-state index in [0.717, 1.165) is 37.9 Å². The van der Waals surface area contributed by atoms with E-state index >= 15 is 0 Å². The minimum absolute atomic E-state index is 0.365. The zero-order valence-electron chi connectivity index (χ0n) is 16.8. The average molecular weight is 594 g/mol. The van der Waals surface area contributed by atoms with Crippen molar-refractivity contribution in [3.63, 3.8) is 0 Å². The first-order valence-corrected chi connectivity index (χ1v) is 11.6. The molecule has 2 aromatic carbocycles. The van der Waals surface area contributed by atoms with Gasteiger partial charge in [-0.25, -0.2) is 5.43 Å². The fourth-order valence-electron chi connectivity index (χ4n) is 2.97. The fourth-order valence-corrected chi connectivity index (χ4v) is 4.13. The number of aromatic nitrogens is 3. The molecule has 4 rings (SSSR count). The summed E-state index contributed by atoms with van der Waals surface area (Å²) in [6, 6.07) is 14.1. The summed E-state index contributed by atoms with van der Waals surface area (Å²) in [7, 11) is 0. The van der Waals surface area contributed by atoms with Crippen LogP contribution in [-0.2, 0) is 4.74 Å². The predicted molar refractivity (Wildman–Crippen MR) is 135 cm³/mol. The maximum absolute atomic E-state index is 5.45. The van der Waals surface area contributed by atoms with Crippen LogP contribution in [0.4, 0.5) is 23.5 Å². The van der Waals surface area contributed by atoms with Crippen molar-refractivity contribution in [2.45, 2.75) is 6.92 Å². The SMILES string of the molecule is Cc1ccc(Nc2nc(N/N=C/c3cccc(I)c3)nc(N3CCOCC3)n2)c(Br)c1. The van der Waals surface area contributed by atoms with Gasteiger partial charge in [0.05, 0.1) is 25.1 Å². The summed E-state index contributed by atoms with van der Waals surface area (Å²) in [6.07, 6.45) is 1.74. The van der Waals surface area contributed by atoms with Gasteiger partial charge >= 0.3 is 0 Å². The monoisotopic (exact) mass is 593 g/mol. The lowest BCUT2D eigenvalue weighted by molar-refractivity contribution is 0.122. The fraction of sp³-hybridized carbons (Fsp3) is 0.238. The van der Waals surface area contributed by atoms with Crippen LogP contribution >= 0.6 is 38.5 Å². The van der Waals surface area contributed by atoms with E-state index in [4.69, 9.17) is 4.74 Å². The van der Waals surface area contributed by atoms with Crippen LogP contribution < -0.4 is 15.6 Å². The largest absolute Gasteiger partial charge is 0.378 e. The molecule has 0 amide bonds. The molecule has 3 aromatic rings. The average Bonchev–Trinajstić information content (AvgIpc) is 2.76. The van der Waals surface area contributed by atoms with Gasteiger partial charge in [-0.1, -0.05) is 18.2 Å². The van der Waals surface area contributed by atoms with Crippen molar-refractivity contribution < 1.29 is 4.74 Å². The molecule has 0 aliphatic carbocycles. The Labute approximate surface area is 202 Å². The van der Waals surface area contributed by atoms with Crippen molar-refractivity contribution in [1.82, 2.24) is 15.0 Å². The van der Waals surface area contributed by atoms with E-state index in [1.54, 1.807) is 6.21 Å². The van der Waals surface area contributed by atoms with Gasteiger partial charge in [0.1, 0.15) is 0 Å². The number of nitrogens with one attached hydrogen (secondary N) is 2. The second-order valence-corrected chi connectivity index (χ2v) is 9.02. The second-order valence-electron chi connectivity index (χ2n) is 6.92. The summed E-state index contributed by atoms with van der Waals surface area (Å²) in [5, 5.41) is 7.58. The highest BCUT2D eigenvalue weighted by molar-refractivity contribution is 14.1. The van der Waals surface area contributed by atoms with Gasteiger partial charge in [-0.15, -0.1) is 0 Å². The van der Waals surface area contributed by atoms with E-state index in [2.05, 4.69) is 74.2 Å². The van der Waals surface area contributed by atoms with Crippen molar-refractivity contribution in [3.05, 3.63) is 61.6 Å². The van der Waals surface area contributed by atoms with E-state index in [9.17, 15) is 0 Å². The van der Waals surface area contributed by atoms with Crippen LogP contribution in [0.15, 0.2) is 52.0 Å². The Balaban J connectivity index is 1.59. The second kappa shape index (κ2) is 10.3. The first-order valence-electron chi connectivity index (χ1n) is 9.73. The topological polar surface area (TPSA) is 87.6 Å². The molecule has 1 fully saturated rings. The molecular weight excluding hydrogens is 573 g/mol. The Morgan fingerprint density at radius 1 is 1.10 bits per heavy atom. The number of ether oxygens (including phenoxy) is 1. The van der Waals surface area contributed by atoms with Gasteiger partial charge in [0.2, 0.25) is 17.8 Å². The standard InChI is InChI=1S/C21H21BrIN7O/c1-14-5-6-18(17(22)11-14)25-19-26-20(28-21(27-19)30-7-9-31-10-8-30)29-24-13-15-3-2-4-16(23)12-15/h2-6,11-13H,7-10H2,1H3,(H2,25,26,27,28,29)/b24-13+. The molecule has 160 valence electrons. The third kappa shape index (κ3) is 6.11. The molecule has 0 spiro atoms. The molecule has 0 radical (unpaired) electrons. The van der Waals surface area contributed by atoms with Crippen LogP contribution in [-0.4, -0.2) is 47.5 Å². The van der Waals surface area contributed by atoms with E-state index in [0.29, 0.717) is 31.1 Å². The molecule has 0 bridgehead atoms. The van der Waals surface area contributed by atoms with Crippen molar-refractivity contribution in [3.8, 4) is 0 Å². The summed E-state index contributed by atoms with van der Waals surface area (Å²) in [5.74, 6) is 1.38. The minimum atomic E-state index is 0.365. The number of rotatable bonds is 6. The van der Waals surface area contributed by atoms with E-state index < -0.39 is 0 Å². The summed E-state index contributed by atoms with van der Waals surface area (Å²) in [4.78, 5) is 15.7. The van der Waals surface area contributed by atoms with Gasteiger partial charge in [-0.3, -0.25) is 0 Å². The number of anilines is 4. The number of hydrogen-bond acceptors (Lipinski definition) is 8. The van der Waals surface area contributed by atoms with Crippen LogP contribution in [0.2, 0.25) is 0 Å². The van der Waals surface area contributed by atoms with Crippen molar-refractivity contribution in [2.75, 3.05) is 41.9 Å². The van der Waals surface area contributed by atoms with E-state index in [1.807, 2.05) is 49.4 Å². The highest BCUT2D eigenvalue weighted by Crippen LogP contribution is 2.26. The van der Waals surface area contributed by atoms with Gasteiger partial charge in [0.15, 0.2) is 0 Å². The van der Waals surface area contributed by atoms with Gasteiger partial charge in [0, 0.05) is 21.1 Å². The third-order valence-electron chi connectivity index (χ3n) is 4.52. The van der Waals surface area contributed by atoms with Gasteiger partial charge in [-0.2, -0.15) is 20.1 Å². The normalized spacial score (nSPS) is 14.1. The third-order valence-corrected chi connectivity index (χ3v) is 5.84. The van der Waals surface area contributed by atoms with Crippen molar-refractivity contribution >= 4 is 68.3 Å². The summed E-state index contributed by atoms with van der Waals surface area (Å²) < 4.78 is 7.54. The molecule has 2 heterocycles.